The first-order chi connectivity index (χ1) is 10.3. The van der Waals surface area contributed by atoms with E-state index in [4.69, 9.17) is 10.6 Å². The monoisotopic (exact) mass is 290 g/mol. The zero-order valence-corrected chi connectivity index (χ0v) is 13.1. The van der Waals surface area contributed by atoms with Gasteiger partial charge in [-0.3, -0.25) is 11.3 Å². The SMILES string of the molecule is NNC(C1CCOC2(CCCC2)C1)C1C2C3CCC(C3)C21. The Kier molecular flexibility index (Phi) is 2.98. The lowest BCUT2D eigenvalue weighted by Crippen LogP contribution is -2.49. The molecule has 1 aliphatic heterocycles. The molecular weight excluding hydrogens is 260 g/mol. The van der Waals surface area contributed by atoms with Crippen LogP contribution in [-0.2, 0) is 4.74 Å². The first-order valence-corrected chi connectivity index (χ1v) is 9.41. The second-order valence-corrected chi connectivity index (χ2v) is 8.75. The Bertz CT molecular complexity index is 403. The molecule has 3 nitrogen and oxygen atoms in total. The molecule has 0 aromatic heterocycles. The number of hydrogen-bond acceptors (Lipinski definition) is 3. The highest BCUT2D eigenvalue weighted by Crippen LogP contribution is 2.71. The van der Waals surface area contributed by atoms with Crippen molar-refractivity contribution in [3.63, 3.8) is 0 Å². The first kappa shape index (κ1) is 13.3. The quantitative estimate of drug-likeness (QED) is 0.620. The summed E-state index contributed by atoms with van der Waals surface area (Å²) >= 11 is 0. The van der Waals surface area contributed by atoms with Crippen molar-refractivity contribution in [2.24, 2.45) is 41.4 Å². The lowest BCUT2D eigenvalue weighted by atomic mass is 9.78. The summed E-state index contributed by atoms with van der Waals surface area (Å²) in [6.07, 6.45) is 12.4. The summed E-state index contributed by atoms with van der Waals surface area (Å²) in [6.45, 7) is 0.970. The van der Waals surface area contributed by atoms with Gasteiger partial charge in [-0.15, -0.1) is 0 Å². The van der Waals surface area contributed by atoms with Crippen molar-refractivity contribution in [2.45, 2.75) is 69.4 Å². The molecule has 0 radical (unpaired) electrons. The van der Waals surface area contributed by atoms with Gasteiger partial charge in [0.15, 0.2) is 0 Å². The van der Waals surface area contributed by atoms with Gasteiger partial charge in [-0.2, -0.15) is 0 Å². The van der Waals surface area contributed by atoms with E-state index < -0.39 is 0 Å². The van der Waals surface area contributed by atoms with Gasteiger partial charge in [0.25, 0.3) is 0 Å². The van der Waals surface area contributed by atoms with E-state index in [1.54, 1.807) is 6.42 Å². The van der Waals surface area contributed by atoms with Gasteiger partial charge in [0.1, 0.15) is 0 Å². The molecule has 1 heterocycles. The van der Waals surface area contributed by atoms with Crippen LogP contribution in [-0.4, -0.2) is 18.2 Å². The van der Waals surface area contributed by atoms with Crippen molar-refractivity contribution in [2.75, 3.05) is 6.61 Å². The molecule has 118 valence electrons. The number of hydrogen-bond donors (Lipinski definition) is 2. The fourth-order valence-electron chi connectivity index (χ4n) is 7.17. The third-order valence-corrected chi connectivity index (χ3v) is 7.96. The van der Waals surface area contributed by atoms with Gasteiger partial charge in [-0.1, -0.05) is 12.8 Å². The van der Waals surface area contributed by atoms with E-state index >= 15 is 0 Å². The molecule has 5 aliphatic rings. The molecule has 4 aliphatic carbocycles. The molecule has 0 aromatic rings. The number of rotatable bonds is 3. The molecule has 6 unspecified atom stereocenters. The highest BCUT2D eigenvalue weighted by atomic mass is 16.5. The molecule has 2 bridgehead atoms. The molecule has 4 saturated carbocycles. The Labute approximate surface area is 128 Å². The van der Waals surface area contributed by atoms with Gasteiger partial charge < -0.3 is 4.74 Å². The van der Waals surface area contributed by atoms with E-state index in [1.807, 2.05) is 0 Å². The normalized spacial score (nSPS) is 51.3. The molecule has 21 heavy (non-hydrogen) atoms. The largest absolute Gasteiger partial charge is 0.375 e. The predicted octanol–water partition coefficient (Wildman–Crippen LogP) is 2.85. The van der Waals surface area contributed by atoms with E-state index in [2.05, 4.69) is 5.43 Å². The van der Waals surface area contributed by atoms with E-state index in [9.17, 15) is 0 Å². The van der Waals surface area contributed by atoms with Crippen LogP contribution in [0.4, 0.5) is 0 Å². The summed E-state index contributed by atoms with van der Waals surface area (Å²) in [5, 5.41) is 0. The van der Waals surface area contributed by atoms with Gasteiger partial charge in [0.2, 0.25) is 0 Å². The fraction of sp³-hybridized carbons (Fsp3) is 1.00. The zero-order valence-electron chi connectivity index (χ0n) is 13.1. The van der Waals surface area contributed by atoms with Gasteiger partial charge in [-0.25, -0.2) is 0 Å². The minimum absolute atomic E-state index is 0.237. The minimum Gasteiger partial charge on any atom is -0.375 e. The van der Waals surface area contributed by atoms with Crippen LogP contribution < -0.4 is 11.3 Å². The van der Waals surface area contributed by atoms with Crippen LogP contribution >= 0.6 is 0 Å². The second kappa shape index (κ2) is 4.69. The van der Waals surface area contributed by atoms with Crippen molar-refractivity contribution in [3.8, 4) is 0 Å². The fourth-order valence-corrected chi connectivity index (χ4v) is 7.17. The Morgan fingerprint density at radius 2 is 1.76 bits per heavy atom. The van der Waals surface area contributed by atoms with Crippen molar-refractivity contribution >= 4 is 0 Å². The van der Waals surface area contributed by atoms with Crippen LogP contribution in [0.1, 0.15) is 57.8 Å². The van der Waals surface area contributed by atoms with Gasteiger partial charge in [-0.05, 0) is 80.5 Å². The third-order valence-electron chi connectivity index (χ3n) is 7.96. The Balaban J connectivity index is 1.32. The van der Waals surface area contributed by atoms with Crippen LogP contribution in [0.25, 0.3) is 0 Å². The van der Waals surface area contributed by atoms with Crippen molar-refractivity contribution in [3.05, 3.63) is 0 Å². The summed E-state index contributed by atoms with van der Waals surface area (Å²) < 4.78 is 6.23. The third kappa shape index (κ3) is 1.90. The minimum atomic E-state index is 0.237. The maximum absolute atomic E-state index is 6.23. The summed E-state index contributed by atoms with van der Waals surface area (Å²) in [4.78, 5) is 0. The van der Waals surface area contributed by atoms with Crippen molar-refractivity contribution < 1.29 is 4.74 Å². The number of nitrogens with two attached hydrogens (primary N) is 1. The smallest absolute Gasteiger partial charge is 0.0685 e. The molecule has 1 saturated heterocycles. The molecule has 3 heteroatoms. The Hall–Kier alpha value is -0.120. The number of hydrazine groups is 1. The highest BCUT2D eigenvalue weighted by Gasteiger charge is 2.67. The molecule has 0 amide bonds. The van der Waals surface area contributed by atoms with E-state index in [0.29, 0.717) is 6.04 Å². The maximum atomic E-state index is 6.23. The highest BCUT2D eigenvalue weighted by molar-refractivity contribution is 5.16. The van der Waals surface area contributed by atoms with Crippen molar-refractivity contribution in [1.29, 1.82) is 0 Å². The average Bonchev–Trinajstić information content (AvgIpc) is 2.88. The molecule has 6 atom stereocenters. The summed E-state index contributed by atoms with van der Waals surface area (Å²) in [5.74, 6) is 11.9. The number of ether oxygens (including phenoxy) is 1. The molecule has 1 spiro atoms. The van der Waals surface area contributed by atoms with E-state index in [1.165, 1.54) is 51.4 Å². The van der Waals surface area contributed by atoms with Crippen LogP contribution in [0.3, 0.4) is 0 Å². The second-order valence-electron chi connectivity index (χ2n) is 8.75. The molecule has 5 rings (SSSR count). The molecule has 3 N–H and O–H groups in total. The average molecular weight is 290 g/mol. The lowest BCUT2D eigenvalue weighted by molar-refractivity contribution is -0.0997. The number of fused-ring (bicyclic) bond motifs is 5. The van der Waals surface area contributed by atoms with Crippen molar-refractivity contribution in [1.82, 2.24) is 5.43 Å². The van der Waals surface area contributed by atoms with Gasteiger partial charge in [0, 0.05) is 12.6 Å². The van der Waals surface area contributed by atoms with Gasteiger partial charge >= 0.3 is 0 Å². The zero-order chi connectivity index (χ0) is 14.0. The standard InChI is InChI=1S/C18H30N2O/c19-20-17(16-14-11-3-4-12(9-11)15(14)16)13-5-8-21-18(10-13)6-1-2-7-18/h11-17,20H,1-10,19H2. The summed E-state index contributed by atoms with van der Waals surface area (Å²) in [5.41, 5.74) is 3.52. The van der Waals surface area contributed by atoms with E-state index in [0.717, 1.165) is 42.1 Å². The van der Waals surface area contributed by atoms with Crippen LogP contribution in [0.15, 0.2) is 0 Å². The van der Waals surface area contributed by atoms with Crippen LogP contribution in [0, 0.1) is 35.5 Å². The topological polar surface area (TPSA) is 47.3 Å². The van der Waals surface area contributed by atoms with Crippen LogP contribution in [0.2, 0.25) is 0 Å². The molecule has 0 aromatic carbocycles. The summed E-state index contributed by atoms with van der Waals surface area (Å²) in [7, 11) is 0. The number of nitrogens with one attached hydrogen (secondary N) is 1. The summed E-state index contributed by atoms with van der Waals surface area (Å²) in [6, 6.07) is 0.574. The van der Waals surface area contributed by atoms with Crippen LogP contribution in [0.5, 0.6) is 0 Å². The van der Waals surface area contributed by atoms with Gasteiger partial charge in [0.05, 0.1) is 5.60 Å². The predicted molar refractivity (Wildman–Crippen MR) is 82.3 cm³/mol. The Morgan fingerprint density at radius 3 is 2.43 bits per heavy atom. The molecule has 5 fully saturated rings. The van der Waals surface area contributed by atoms with E-state index in [-0.39, 0.29) is 5.60 Å². The maximum Gasteiger partial charge on any atom is 0.0685 e. The Morgan fingerprint density at radius 1 is 1.05 bits per heavy atom. The first-order valence-electron chi connectivity index (χ1n) is 9.41. The lowest BCUT2D eigenvalue weighted by Gasteiger charge is -2.42. The molecular formula is C18H30N2O.